The van der Waals surface area contributed by atoms with Gasteiger partial charge in [0.2, 0.25) is 0 Å². The van der Waals surface area contributed by atoms with E-state index in [1.807, 2.05) is 6.07 Å². The molecule has 3 rings (SSSR count). The van der Waals surface area contributed by atoms with Crippen molar-refractivity contribution in [1.29, 1.82) is 0 Å². The Kier molecular flexibility index (Phi) is 2.37. The van der Waals surface area contributed by atoms with Gasteiger partial charge >= 0.3 is 0 Å². The van der Waals surface area contributed by atoms with E-state index in [4.69, 9.17) is 10.5 Å². The van der Waals surface area contributed by atoms with E-state index in [9.17, 15) is 0 Å². The SMILES string of the molecule is COC1CC(N2Cc3ccc(N)cc3C2)C1. The molecule has 1 aromatic carbocycles. The average molecular weight is 218 g/mol. The Morgan fingerprint density at radius 1 is 1.25 bits per heavy atom. The molecule has 86 valence electrons. The Morgan fingerprint density at radius 3 is 2.75 bits per heavy atom. The highest BCUT2D eigenvalue weighted by molar-refractivity contribution is 5.46. The van der Waals surface area contributed by atoms with Gasteiger partial charge in [-0.25, -0.2) is 0 Å². The summed E-state index contributed by atoms with van der Waals surface area (Å²) in [5.74, 6) is 0. The number of hydrogen-bond donors (Lipinski definition) is 1. The first kappa shape index (κ1) is 10.1. The molecule has 0 saturated heterocycles. The highest BCUT2D eigenvalue weighted by Gasteiger charge is 2.36. The lowest BCUT2D eigenvalue weighted by Gasteiger charge is -2.40. The largest absolute Gasteiger partial charge is 0.399 e. The monoisotopic (exact) mass is 218 g/mol. The lowest BCUT2D eigenvalue weighted by molar-refractivity contribution is -0.0288. The Labute approximate surface area is 96.2 Å². The fourth-order valence-electron chi connectivity index (χ4n) is 2.73. The van der Waals surface area contributed by atoms with Crippen molar-refractivity contribution >= 4 is 5.69 Å². The molecule has 0 amide bonds. The quantitative estimate of drug-likeness (QED) is 0.769. The zero-order valence-electron chi connectivity index (χ0n) is 9.65. The third kappa shape index (κ3) is 1.60. The summed E-state index contributed by atoms with van der Waals surface area (Å²) in [6.07, 6.45) is 2.85. The van der Waals surface area contributed by atoms with Crippen molar-refractivity contribution in [2.75, 3.05) is 12.8 Å². The standard InChI is InChI=1S/C13H18N2O/c1-16-13-5-12(6-13)15-7-9-2-3-11(14)4-10(9)8-15/h2-4,12-13H,5-8,14H2,1H3. The summed E-state index contributed by atoms with van der Waals surface area (Å²) in [4.78, 5) is 2.54. The van der Waals surface area contributed by atoms with E-state index in [1.165, 1.54) is 24.0 Å². The number of ether oxygens (including phenoxy) is 1. The molecule has 0 spiro atoms. The van der Waals surface area contributed by atoms with Gasteiger partial charge in [0.05, 0.1) is 6.10 Å². The number of anilines is 1. The molecule has 3 nitrogen and oxygen atoms in total. The molecule has 1 aliphatic heterocycles. The van der Waals surface area contributed by atoms with Crippen LogP contribution in [-0.2, 0) is 17.8 Å². The first-order valence-electron chi connectivity index (χ1n) is 5.90. The van der Waals surface area contributed by atoms with Crippen molar-refractivity contribution in [3.05, 3.63) is 29.3 Å². The van der Waals surface area contributed by atoms with Gasteiger partial charge in [-0.15, -0.1) is 0 Å². The van der Waals surface area contributed by atoms with Gasteiger partial charge in [-0.1, -0.05) is 6.07 Å². The number of rotatable bonds is 2. The Hall–Kier alpha value is -1.06. The van der Waals surface area contributed by atoms with Crippen LogP contribution in [0.4, 0.5) is 5.69 Å². The van der Waals surface area contributed by atoms with Crippen LogP contribution in [0.25, 0.3) is 0 Å². The van der Waals surface area contributed by atoms with Crippen molar-refractivity contribution in [3.63, 3.8) is 0 Å². The Morgan fingerprint density at radius 2 is 2.00 bits per heavy atom. The fraction of sp³-hybridized carbons (Fsp3) is 0.538. The molecular weight excluding hydrogens is 200 g/mol. The minimum absolute atomic E-state index is 0.485. The summed E-state index contributed by atoms with van der Waals surface area (Å²) in [7, 11) is 1.81. The van der Waals surface area contributed by atoms with Crippen LogP contribution in [0.2, 0.25) is 0 Å². The predicted molar refractivity (Wildman–Crippen MR) is 63.9 cm³/mol. The van der Waals surface area contributed by atoms with E-state index in [1.54, 1.807) is 7.11 Å². The average Bonchev–Trinajstić information content (AvgIpc) is 2.58. The summed E-state index contributed by atoms with van der Waals surface area (Å²) < 4.78 is 5.33. The molecule has 16 heavy (non-hydrogen) atoms. The molecule has 3 heteroatoms. The molecule has 0 aromatic heterocycles. The van der Waals surface area contributed by atoms with Crippen LogP contribution >= 0.6 is 0 Å². The van der Waals surface area contributed by atoms with Crippen molar-refractivity contribution in [1.82, 2.24) is 4.90 Å². The summed E-state index contributed by atoms with van der Waals surface area (Å²) >= 11 is 0. The molecule has 1 saturated carbocycles. The molecule has 2 N–H and O–H groups in total. The second-order valence-corrected chi connectivity index (χ2v) is 4.92. The number of fused-ring (bicyclic) bond motifs is 1. The Balaban J connectivity index is 1.67. The fourth-order valence-corrected chi connectivity index (χ4v) is 2.73. The summed E-state index contributed by atoms with van der Waals surface area (Å²) in [5.41, 5.74) is 9.53. The lowest BCUT2D eigenvalue weighted by Crippen LogP contribution is -2.45. The zero-order valence-corrected chi connectivity index (χ0v) is 9.65. The minimum Gasteiger partial charge on any atom is -0.399 e. The van der Waals surface area contributed by atoms with Crippen molar-refractivity contribution in [3.8, 4) is 0 Å². The molecule has 1 aromatic rings. The van der Waals surface area contributed by atoms with E-state index in [0.29, 0.717) is 12.1 Å². The molecule has 0 bridgehead atoms. The smallest absolute Gasteiger partial charge is 0.0601 e. The molecular formula is C13H18N2O. The second kappa shape index (κ2) is 3.75. The summed E-state index contributed by atoms with van der Waals surface area (Å²) in [6.45, 7) is 2.14. The van der Waals surface area contributed by atoms with Crippen LogP contribution in [-0.4, -0.2) is 24.2 Å². The first-order chi connectivity index (χ1) is 7.76. The number of nitrogens with two attached hydrogens (primary N) is 1. The van der Waals surface area contributed by atoms with Crippen LogP contribution in [0.1, 0.15) is 24.0 Å². The van der Waals surface area contributed by atoms with Crippen LogP contribution in [0, 0.1) is 0 Å². The van der Waals surface area contributed by atoms with E-state index in [0.717, 1.165) is 18.8 Å². The van der Waals surface area contributed by atoms with Gasteiger partial charge < -0.3 is 10.5 Å². The van der Waals surface area contributed by atoms with Crippen LogP contribution in [0.3, 0.4) is 0 Å². The molecule has 0 atom stereocenters. The van der Waals surface area contributed by atoms with Gasteiger partial charge in [-0.05, 0) is 36.1 Å². The number of benzene rings is 1. The normalized spacial score (nSPS) is 28.8. The van der Waals surface area contributed by atoms with E-state index < -0.39 is 0 Å². The molecule has 0 radical (unpaired) electrons. The number of nitrogens with zero attached hydrogens (tertiary/aromatic N) is 1. The van der Waals surface area contributed by atoms with E-state index in [-0.39, 0.29) is 0 Å². The summed E-state index contributed by atoms with van der Waals surface area (Å²) in [6, 6.07) is 6.98. The van der Waals surface area contributed by atoms with Crippen molar-refractivity contribution in [2.45, 2.75) is 38.1 Å². The Bertz CT molecular complexity index is 399. The zero-order chi connectivity index (χ0) is 11.1. The molecule has 1 heterocycles. The van der Waals surface area contributed by atoms with Gasteiger partial charge in [-0.2, -0.15) is 0 Å². The topological polar surface area (TPSA) is 38.5 Å². The maximum atomic E-state index is 5.80. The molecule has 0 unspecified atom stereocenters. The maximum Gasteiger partial charge on any atom is 0.0601 e. The number of hydrogen-bond acceptors (Lipinski definition) is 3. The third-order valence-electron chi connectivity index (χ3n) is 3.90. The summed E-state index contributed by atoms with van der Waals surface area (Å²) in [5, 5.41) is 0. The first-order valence-corrected chi connectivity index (χ1v) is 5.90. The van der Waals surface area contributed by atoms with Gasteiger partial charge in [-0.3, -0.25) is 4.90 Å². The maximum absolute atomic E-state index is 5.80. The van der Waals surface area contributed by atoms with Crippen LogP contribution in [0.15, 0.2) is 18.2 Å². The van der Waals surface area contributed by atoms with E-state index >= 15 is 0 Å². The second-order valence-electron chi connectivity index (χ2n) is 4.92. The van der Waals surface area contributed by atoms with Gasteiger partial charge in [0.1, 0.15) is 0 Å². The van der Waals surface area contributed by atoms with Gasteiger partial charge in [0.25, 0.3) is 0 Å². The van der Waals surface area contributed by atoms with Gasteiger partial charge in [0, 0.05) is 31.9 Å². The number of nitrogen functional groups attached to an aromatic ring is 1. The van der Waals surface area contributed by atoms with Crippen molar-refractivity contribution in [2.24, 2.45) is 0 Å². The van der Waals surface area contributed by atoms with Crippen LogP contribution in [0.5, 0.6) is 0 Å². The van der Waals surface area contributed by atoms with E-state index in [2.05, 4.69) is 17.0 Å². The number of methoxy groups -OCH3 is 1. The van der Waals surface area contributed by atoms with Crippen LogP contribution < -0.4 is 5.73 Å². The lowest BCUT2D eigenvalue weighted by atomic mass is 9.88. The highest BCUT2D eigenvalue weighted by Crippen LogP contribution is 2.34. The predicted octanol–water partition coefficient (Wildman–Crippen LogP) is 1.76. The van der Waals surface area contributed by atoms with Crippen molar-refractivity contribution < 1.29 is 4.74 Å². The molecule has 2 aliphatic rings. The minimum atomic E-state index is 0.485. The molecule has 1 aliphatic carbocycles. The highest BCUT2D eigenvalue weighted by atomic mass is 16.5. The molecule has 1 fully saturated rings. The van der Waals surface area contributed by atoms with Gasteiger partial charge in [0.15, 0.2) is 0 Å². The third-order valence-corrected chi connectivity index (χ3v) is 3.90.